The Bertz CT molecular complexity index is 7550. The molecule has 0 bridgehead atoms. The Hall–Kier alpha value is -17.4. The van der Waals surface area contributed by atoms with Crippen molar-refractivity contribution in [1.29, 1.82) is 0 Å². The third-order valence-electron chi connectivity index (χ3n) is 26.1. The first kappa shape index (κ1) is 96.5. The topological polar surface area (TPSA) is 369 Å². The van der Waals surface area contributed by atoms with Gasteiger partial charge in [-0.15, -0.1) is 0 Å². The molecule has 9 aromatic heterocycles. The number of aliphatic hydroxyl groups excluding tert-OH is 1. The summed E-state index contributed by atoms with van der Waals surface area (Å²) in [6, 6.07) is 58.3. The summed E-state index contributed by atoms with van der Waals surface area (Å²) in [7, 11) is 16.8. The first-order valence-electron chi connectivity index (χ1n) is 47.7. The molecule has 0 saturated heterocycles. The molecular weight excluding hydrogens is 1840 g/mol. The summed E-state index contributed by atoms with van der Waals surface area (Å²) < 4.78 is 60.6. The van der Waals surface area contributed by atoms with E-state index in [-0.39, 0.29) is 42.8 Å². The second-order valence-corrected chi connectivity index (χ2v) is 35.6. The van der Waals surface area contributed by atoms with Crippen LogP contribution in [0.25, 0.3) is 89.2 Å². The van der Waals surface area contributed by atoms with Gasteiger partial charge in [0, 0.05) is 212 Å². The molecule has 0 radical (unpaired) electrons. The Kier molecular flexibility index (Phi) is 28.9. The Balaban J connectivity index is 0.000000122. The number of carbonyl (C=O) groups excluding carboxylic acids is 3. The van der Waals surface area contributed by atoms with Gasteiger partial charge < -0.3 is 71.8 Å². The molecule has 18 aromatic rings. The number of imide groups is 1. The summed E-state index contributed by atoms with van der Waals surface area (Å²) in [4.78, 5) is 86.2. The molecule has 145 heavy (non-hydrogen) atoms. The van der Waals surface area contributed by atoms with Gasteiger partial charge in [0.2, 0.25) is 0 Å². The number of H-pyrrole nitrogens is 1. The van der Waals surface area contributed by atoms with Crippen molar-refractivity contribution < 1.29 is 66.5 Å². The summed E-state index contributed by atoms with van der Waals surface area (Å²) in [6.07, 6.45) is 29.9. The van der Waals surface area contributed by atoms with E-state index in [4.69, 9.17) is 77.1 Å². The van der Waals surface area contributed by atoms with Crippen molar-refractivity contribution in [3.63, 3.8) is 0 Å². The molecule has 10 heterocycles. The van der Waals surface area contributed by atoms with Crippen LogP contribution in [0.5, 0.6) is 46.0 Å². The van der Waals surface area contributed by atoms with E-state index in [2.05, 4.69) is 85.6 Å². The number of benzene rings is 9. The molecule has 2 N–H and O–H groups in total. The molecule has 2 amide bonds. The maximum absolute atomic E-state index is 13.0. The number of aryl methyl sites for hydroxylation is 2. The largest absolute Gasteiger partial charge is 0.497 e. The van der Waals surface area contributed by atoms with Crippen LogP contribution in [0.1, 0.15) is 78.0 Å². The number of hydrogen-bond acceptors (Lipinski definition) is 30. The summed E-state index contributed by atoms with van der Waals surface area (Å²) in [5.41, 5.74) is 21.1. The highest BCUT2D eigenvalue weighted by atomic mass is 16.5. The van der Waals surface area contributed by atoms with Gasteiger partial charge in [0.15, 0.2) is 0 Å². The van der Waals surface area contributed by atoms with Crippen LogP contribution in [0.2, 0.25) is 0 Å². The predicted octanol–water partition coefficient (Wildman–Crippen LogP) is 19.2. The average molecular weight is 1950 g/mol. The van der Waals surface area contributed by atoms with Crippen LogP contribution < -0.4 is 57.5 Å². The number of anilines is 8. The minimum absolute atomic E-state index is 0.0858. The maximum Gasteiger partial charge on any atom is 0.309 e. The molecule has 0 spiro atoms. The number of fused-ring (bicyclic) bond motifs is 5. The van der Waals surface area contributed by atoms with E-state index >= 15 is 0 Å². The third-order valence-corrected chi connectivity index (χ3v) is 26.1. The molecule has 35 nitrogen and oxygen atoms in total. The van der Waals surface area contributed by atoms with E-state index < -0.39 is 0 Å². The zero-order chi connectivity index (χ0) is 100. The number of furan rings is 1. The molecular formula is C110H109N21O14. The molecule has 35 heteroatoms. The quantitative estimate of drug-likeness (QED) is 0.0279. The molecule has 3 aliphatic carbocycles. The normalized spacial score (nSPS) is 14.9. The molecule has 3 saturated carbocycles. The second-order valence-electron chi connectivity index (χ2n) is 35.6. The molecule has 9 aromatic carbocycles. The Morgan fingerprint density at radius 3 is 1.23 bits per heavy atom. The third kappa shape index (κ3) is 22.1. The van der Waals surface area contributed by atoms with Crippen molar-refractivity contribution in [2.24, 2.45) is 37.8 Å². The molecule has 1 aliphatic heterocycles. The maximum atomic E-state index is 13.0. The van der Waals surface area contributed by atoms with Gasteiger partial charge in [-0.25, -0.2) is 19.9 Å². The first-order chi connectivity index (χ1) is 70.8. The van der Waals surface area contributed by atoms with Gasteiger partial charge in [-0.2, -0.15) is 20.4 Å². The lowest BCUT2D eigenvalue weighted by Crippen LogP contribution is -2.36. The molecule has 1 unspecified atom stereocenters. The smallest absolute Gasteiger partial charge is 0.309 e. The molecule has 738 valence electrons. The molecule has 22 rings (SSSR count). The van der Waals surface area contributed by atoms with Gasteiger partial charge in [0.25, 0.3) is 11.8 Å². The fourth-order valence-corrected chi connectivity index (χ4v) is 18.0. The minimum Gasteiger partial charge on any atom is -0.497 e. The number of ether oxygens (including phenoxy) is 9. The Morgan fingerprint density at radius 1 is 0.428 bits per heavy atom. The Morgan fingerprint density at radius 2 is 0.834 bits per heavy atom. The zero-order valence-corrected chi connectivity index (χ0v) is 82.1. The Labute approximate surface area is 835 Å². The van der Waals surface area contributed by atoms with E-state index in [9.17, 15) is 14.4 Å². The van der Waals surface area contributed by atoms with Crippen LogP contribution in [-0.2, 0) is 30.2 Å². The van der Waals surface area contributed by atoms with Crippen molar-refractivity contribution in [1.82, 2.24) is 84.3 Å². The van der Waals surface area contributed by atoms with Crippen LogP contribution in [0.15, 0.2) is 267 Å². The van der Waals surface area contributed by atoms with E-state index in [0.29, 0.717) is 101 Å². The lowest BCUT2D eigenvalue weighted by atomic mass is 9.78. The fraction of sp³-hybridized carbons (Fsp3) is 0.264. The lowest BCUT2D eigenvalue weighted by molar-refractivity contribution is -0.145. The van der Waals surface area contributed by atoms with Crippen molar-refractivity contribution in [3.8, 4) is 91.0 Å². The summed E-state index contributed by atoms with van der Waals surface area (Å²) in [6.45, 7) is 5.07. The number of hydrogen-bond donors (Lipinski definition) is 2. The lowest BCUT2D eigenvalue weighted by Gasteiger charge is -2.35. The molecule has 3 fully saturated rings. The van der Waals surface area contributed by atoms with E-state index in [1.807, 2.05) is 183 Å². The number of rotatable bonds is 34. The predicted molar refractivity (Wildman–Crippen MR) is 551 cm³/mol. The van der Waals surface area contributed by atoms with Crippen molar-refractivity contribution >= 4 is 107 Å². The van der Waals surface area contributed by atoms with Crippen LogP contribution in [0.3, 0.4) is 0 Å². The number of nitrogens with one attached hydrogen (secondary N) is 1. The summed E-state index contributed by atoms with van der Waals surface area (Å²) in [5, 5.41) is 29.0. The van der Waals surface area contributed by atoms with Crippen LogP contribution in [-0.4, -0.2) is 203 Å². The van der Waals surface area contributed by atoms with Crippen LogP contribution in [0, 0.1) is 23.7 Å². The number of aliphatic hydroxyl groups is 1. The molecule has 2 atom stereocenters. The highest BCUT2D eigenvalue weighted by Crippen LogP contribution is 2.47. The van der Waals surface area contributed by atoms with Crippen LogP contribution in [0.4, 0.5) is 45.5 Å². The van der Waals surface area contributed by atoms with E-state index in [1.165, 1.54) is 17.7 Å². The monoisotopic (exact) mass is 1950 g/mol. The number of esters is 1. The number of aromatic amines is 1. The van der Waals surface area contributed by atoms with Gasteiger partial charge >= 0.3 is 5.97 Å². The number of nitrogens with zero attached hydrogens (tertiary/aromatic N) is 20. The number of amides is 2. The van der Waals surface area contributed by atoms with Crippen LogP contribution >= 0.6 is 0 Å². The van der Waals surface area contributed by atoms with Gasteiger partial charge in [-0.1, -0.05) is 12.1 Å². The minimum atomic E-state index is -0.298. The highest BCUT2D eigenvalue weighted by molar-refractivity contribution is 6.21. The molecule has 4 aliphatic rings. The van der Waals surface area contributed by atoms with Crippen molar-refractivity contribution in [2.45, 2.75) is 58.0 Å². The summed E-state index contributed by atoms with van der Waals surface area (Å²) >= 11 is 0. The summed E-state index contributed by atoms with van der Waals surface area (Å²) in [5.74, 6) is 7.01. The van der Waals surface area contributed by atoms with Gasteiger partial charge in [-0.05, 0) is 160 Å². The number of carbonyl (C=O) groups is 3. The fourth-order valence-electron chi connectivity index (χ4n) is 18.0. The average Bonchev–Trinajstić information content (AvgIpc) is 1.75. The van der Waals surface area contributed by atoms with Crippen molar-refractivity contribution in [2.75, 3.05) is 116 Å². The van der Waals surface area contributed by atoms with E-state index in [0.717, 1.165) is 173 Å². The second kappa shape index (κ2) is 43.4. The van der Waals surface area contributed by atoms with Crippen molar-refractivity contribution in [3.05, 3.63) is 280 Å². The standard InChI is InChI=1S/C29H24N6O4.C29H33N5O3.C27H29N5O4.C25H23N5O3/c1-38-21-11-20(12-22(14-21)39-2)34(9-10-35-28(36)23-5-3-4-6-24(23)29(35)37)19-7-8-25-26(13-19)33-27(17-30-25)18-15-31-32-16-18;1-36-25-11-23(12-26(14-25)37-2)33(17-19-3-4-19)22-5-6-27-28(13-22)32-29(16-30-27)21-15-31-34(18-21)24-9-20(10-24)7-8-35;1-5-36-27(33)23-8-17(23)16-32(20-9-21(34-3)12-22(10-20)35-4)19-6-7-24-25(11-19)30-26(14-28-24)18-13-29-31(2)15-18;1-29-15-17(13-27-29)25-14-26-23-7-6-18(11-24(23)28-25)30(16-20-5-4-8-33-20)19-9-21(31-2)12-22(10-19)32-3/h3-8,11-17H,9-10H2,1-2H3,(H,31,32);5-6,11-16,18-20,24,35H,3-4,7-10,17H2,1-2H3;6-7,9-15,17,23H,5,8,16H2,1-4H3;4-15H,16H2,1-3H3/t;;17-,23?;/m..0./s1. The van der Waals surface area contributed by atoms with Gasteiger partial charge in [0.05, 0.1) is 216 Å². The number of methoxy groups -OCH3 is 8. The van der Waals surface area contributed by atoms with Gasteiger partial charge in [-0.3, -0.25) is 58.4 Å². The zero-order valence-electron chi connectivity index (χ0n) is 82.1. The first-order valence-corrected chi connectivity index (χ1v) is 47.7. The SMILES string of the molecule is CCOC(=O)C1C[C@H]1CN(c1cc(OC)cc(OC)c1)c1ccc2ncc(-c3cnn(C)c3)nc2c1.COc1cc(OC)cc(N(CC2CC2)c2ccc3ncc(-c4cnn(C5CC(CCO)C5)c4)nc3c2)c1.COc1cc(OC)cc(N(CCN2C(=O)c3ccccc3C2=O)c2ccc3ncc(-c4cn[nH]c4)nc3c2)c1.COc1cc(OC)cc(N(Cc2ccco2)c2ccc3ncc(-c4cnn(C)c4)nc3c2)c1. The van der Waals surface area contributed by atoms with E-state index in [1.54, 1.807) is 146 Å². The van der Waals surface area contributed by atoms with Gasteiger partial charge in [0.1, 0.15) is 51.8 Å². The highest BCUT2D eigenvalue weighted by Gasteiger charge is 2.46. The number of aromatic nitrogens is 16.